The Morgan fingerprint density at radius 2 is 1.56 bits per heavy atom. The van der Waals surface area contributed by atoms with Crippen molar-refractivity contribution < 1.29 is 4.89 Å². The average molecular weight is 454 g/mol. The summed E-state index contributed by atoms with van der Waals surface area (Å²) in [7, 11) is -1.22. The highest BCUT2D eigenvalue weighted by Crippen LogP contribution is 2.31. The molecule has 2 rings (SSSR count). The van der Waals surface area contributed by atoms with E-state index in [2.05, 4.69) is 51.2 Å². The van der Waals surface area contributed by atoms with Gasteiger partial charge in [0.05, 0.1) is 8.15 Å². The van der Waals surface area contributed by atoms with E-state index in [9.17, 15) is 4.89 Å². The van der Waals surface area contributed by atoms with E-state index >= 15 is 0 Å². The van der Waals surface area contributed by atoms with Crippen LogP contribution >= 0.6 is 53.3 Å². The molecule has 0 aliphatic rings. The first-order chi connectivity index (χ1) is 7.70. The Morgan fingerprint density at radius 3 is 2.25 bits per heavy atom. The Labute approximate surface area is 123 Å². The van der Waals surface area contributed by atoms with Gasteiger partial charge in [-0.15, -0.1) is 0 Å². The number of benzene rings is 2. The highest BCUT2D eigenvalue weighted by molar-refractivity contribution is 14.1. The minimum atomic E-state index is -1.22. The van der Waals surface area contributed by atoms with Crippen LogP contribution in [-0.2, 0) is 0 Å². The lowest BCUT2D eigenvalue weighted by Crippen LogP contribution is -2.14. The van der Waals surface area contributed by atoms with Gasteiger partial charge in [0.2, 0.25) is 0 Å². The Bertz CT molecular complexity index is 488. The fraction of sp³-hybridized carbons (Fsp3) is 0. The standard InChI is InChI=1S/C12H9I2OP/c13-10-7-4-8-11(12(10)14)16(15)9-5-2-1-3-6-9/h1-8,15H. The van der Waals surface area contributed by atoms with E-state index in [1.54, 1.807) is 0 Å². The van der Waals surface area contributed by atoms with Crippen LogP contribution in [0.5, 0.6) is 0 Å². The molecule has 0 saturated carbocycles. The van der Waals surface area contributed by atoms with Gasteiger partial charge in [-0.3, -0.25) is 0 Å². The summed E-state index contributed by atoms with van der Waals surface area (Å²) in [6.07, 6.45) is 0. The summed E-state index contributed by atoms with van der Waals surface area (Å²) in [6.45, 7) is 0. The van der Waals surface area contributed by atoms with Gasteiger partial charge in [0.1, 0.15) is 0 Å². The Hall–Kier alpha value is 0.290. The van der Waals surface area contributed by atoms with E-state index in [0.717, 1.165) is 14.2 Å². The van der Waals surface area contributed by atoms with Crippen LogP contribution in [0.4, 0.5) is 0 Å². The third-order valence-corrected chi connectivity index (χ3v) is 7.30. The molecular weight excluding hydrogens is 445 g/mol. The molecule has 0 radical (unpaired) electrons. The molecule has 16 heavy (non-hydrogen) atoms. The first-order valence-corrected chi connectivity index (χ1v) is 8.13. The second-order valence-electron chi connectivity index (χ2n) is 3.22. The Morgan fingerprint density at radius 1 is 0.875 bits per heavy atom. The van der Waals surface area contributed by atoms with Crippen LogP contribution in [0.2, 0.25) is 0 Å². The minimum Gasteiger partial charge on any atom is -0.364 e. The zero-order valence-corrected chi connectivity index (χ0v) is 13.5. The van der Waals surface area contributed by atoms with Crippen LogP contribution in [0.1, 0.15) is 0 Å². The van der Waals surface area contributed by atoms with Crippen molar-refractivity contribution in [1.29, 1.82) is 0 Å². The fourth-order valence-electron chi connectivity index (χ4n) is 1.36. The maximum Gasteiger partial charge on any atom is 0.0888 e. The highest BCUT2D eigenvalue weighted by atomic mass is 127. The van der Waals surface area contributed by atoms with Crippen LogP contribution in [0, 0.1) is 7.14 Å². The van der Waals surface area contributed by atoms with E-state index < -0.39 is 8.15 Å². The van der Waals surface area contributed by atoms with Crippen LogP contribution in [0.25, 0.3) is 0 Å². The van der Waals surface area contributed by atoms with Gasteiger partial charge in [0, 0.05) is 17.7 Å². The van der Waals surface area contributed by atoms with Crippen LogP contribution < -0.4 is 10.6 Å². The van der Waals surface area contributed by atoms with Crippen LogP contribution in [-0.4, -0.2) is 4.89 Å². The molecule has 0 heterocycles. The van der Waals surface area contributed by atoms with Crippen molar-refractivity contribution in [3.8, 4) is 0 Å². The highest BCUT2D eigenvalue weighted by Gasteiger charge is 2.14. The molecule has 0 bridgehead atoms. The summed E-state index contributed by atoms with van der Waals surface area (Å²) >= 11 is 4.59. The third kappa shape index (κ3) is 2.75. The van der Waals surface area contributed by atoms with Crippen molar-refractivity contribution in [1.82, 2.24) is 0 Å². The number of hydrogen-bond donors (Lipinski definition) is 1. The quantitative estimate of drug-likeness (QED) is 0.546. The smallest absolute Gasteiger partial charge is 0.0888 e. The van der Waals surface area contributed by atoms with Gasteiger partial charge in [-0.2, -0.15) is 0 Å². The van der Waals surface area contributed by atoms with E-state index in [0.29, 0.717) is 0 Å². The molecule has 0 amide bonds. The Balaban J connectivity index is 2.42. The average Bonchev–Trinajstić information content (AvgIpc) is 2.33. The molecule has 82 valence electrons. The van der Waals surface area contributed by atoms with Crippen molar-refractivity contribution >= 4 is 63.9 Å². The number of rotatable bonds is 2. The van der Waals surface area contributed by atoms with Gasteiger partial charge in [0.15, 0.2) is 0 Å². The van der Waals surface area contributed by atoms with Gasteiger partial charge >= 0.3 is 0 Å². The molecule has 4 heteroatoms. The summed E-state index contributed by atoms with van der Waals surface area (Å²) in [5.74, 6) is 0. The first kappa shape index (κ1) is 12.7. The molecule has 1 unspecified atom stereocenters. The molecule has 2 aromatic carbocycles. The van der Waals surface area contributed by atoms with Gasteiger partial charge in [0.25, 0.3) is 0 Å². The van der Waals surface area contributed by atoms with E-state index in [1.165, 1.54) is 3.57 Å². The van der Waals surface area contributed by atoms with Crippen molar-refractivity contribution in [2.75, 3.05) is 0 Å². The van der Waals surface area contributed by atoms with Crippen LogP contribution in [0.15, 0.2) is 48.5 Å². The maximum absolute atomic E-state index is 10.4. The molecule has 0 fully saturated rings. The molecule has 2 aromatic rings. The van der Waals surface area contributed by atoms with Crippen molar-refractivity contribution in [2.45, 2.75) is 0 Å². The number of halogens is 2. The van der Waals surface area contributed by atoms with Crippen LogP contribution in [0.3, 0.4) is 0 Å². The predicted octanol–water partition coefficient (Wildman–Crippen LogP) is 3.24. The van der Waals surface area contributed by atoms with Gasteiger partial charge in [-0.25, -0.2) is 0 Å². The maximum atomic E-state index is 10.4. The van der Waals surface area contributed by atoms with Crippen molar-refractivity contribution in [3.05, 3.63) is 55.7 Å². The fourth-order valence-corrected chi connectivity index (χ4v) is 4.39. The molecule has 0 aliphatic carbocycles. The molecule has 0 saturated heterocycles. The van der Waals surface area contributed by atoms with Crippen molar-refractivity contribution in [2.24, 2.45) is 0 Å². The van der Waals surface area contributed by atoms with Gasteiger partial charge in [-0.1, -0.05) is 42.5 Å². The molecule has 1 nitrogen and oxygen atoms in total. The normalized spacial score (nSPS) is 12.4. The topological polar surface area (TPSA) is 20.2 Å². The lowest BCUT2D eigenvalue weighted by atomic mass is 10.4. The monoisotopic (exact) mass is 454 g/mol. The van der Waals surface area contributed by atoms with E-state index in [1.807, 2.05) is 42.5 Å². The summed E-state index contributed by atoms with van der Waals surface area (Å²) in [5, 5.41) is 2.03. The second kappa shape index (κ2) is 5.76. The Kier molecular flexibility index (Phi) is 4.58. The molecule has 0 aliphatic heterocycles. The lowest BCUT2D eigenvalue weighted by molar-refractivity contribution is 0.644. The van der Waals surface area contributed by atoms with Crippen molar-refractivity contribution in [3.63, 3.8) is 0 Å². The van der Waals surface area contributed by atoms with E-state index in [-0.39, 0.29) is 0 Å². The van der Waals surface area contributed by atoms with Gasteiger partial charge in [-0.05, 0) is 51.2 Å². The minimum absolute atomic E-state index is 0.998. The zero-order chi connectivity index (χ0) is 11.5. The number of hydrogen-bond acceptors (Lipinski definition) is 1. The lowest BCUT2D eigenvalue weighted by Gasteiger charge is -2.13. The first-order valence-electron chi connectivity index (χ1n) is 4.68. The third-order valence-electron chi connectivity index (χ3n) is 2.16. The molecule has 1 atom stereocenters. The second-order valence-corrected chi connectivity index (χ2v) is 7.08. The molecule has 0 aromatic heterocycles. The molecule has 0 spiro atoms. The zero-order valence-electron chi connectivity index (χ0n) is 8.27. The SMILES string of the molecule is OP(c1ccccc1)c1cccc(I)c1I. The predicted molar refractivity (Wildman–Crippen MR) is 86.7 cm³/mol. The summed E-state index contributed by atoms with van der Waals surface area (Å²) < 4.78 is 2.34. The largest absolute Gasteiger partial charge is 0.364 e. The molecule has 1 N–H and O–H groups in total. The molecular formula is C12H9I2OP. The summed E-state index contributed by atoms with van der Waals surface area (Å²) in [6, 6.07) is 15.9. The van der Waals surface area contributed by atoms with Gasteiger partial charge < -0.3 is 4.89 Å². The summed E-state index contributed by atoms with van der Waals surface area (Å²) in [5.41, 5.74) is 0. The van der Waals surface area contributed by atoms with E-state index in [4.69, 9.17) is 0 Å². The summed E-state index contributed by atoms with van der Waals surface area (Å²) in [4.78, 5) is 10.4.